The molecule has 0 amide bonds. The molecule has 130 valence electrons. The van der Waals surface area contributed by atoms with Crippen molar-refractivity contribution in [3.8, 4) is 0 Å². The fraction of sp³-hybridized carbons (Fsp3) is 0.526. The second-order valence-electron chi connectivity index (χ2n) is 6.77. The van der Waals surface area contributed by atoms with E-state index in [9.17, 15) is 9.90 Å². The number of aryl methyl sites for hydroxylation is 2. The SMILES string of the molecule is COC(=O)C(O)C1CCN(Cc2cc3cc(C)c(C)cc3o2)CC1. The summed E-state index contributed by atoms with van der Waals surface area (Å²) in [6.45, 7) is 6.64. The molecule has 5 nitrogen and oxygen atoms in total. The molecule has 0 bridgehead atoms. The minimum Gasteiger partial charge on any atom is -0.467 e. The van der Waals surface area contributed by atoms with Crippen LogP contribution in [0.25, 0.3) is 11.0 Å². The summed E-state index contributed by atoms with van der Waals surface area (Å²) in [5.41, 5.74) is 3.44. The van der Waals surface area contributed by atoms with Crippen LogP contribution in [0.4, 0.5) is 0 Å². The Balaban J connectivity index is 1.61. The van der Waals surface area contributed by atoms with Crippen molar-refractivity contribution < 1.29 is 19.1 Å². The van der Waals surface area contributed by atoms with Crippen molar-refractivity contribution in [2.45, 2.75) is 39.3 Å². The highest BCUT2D eigenvalue weighted by Crippen LogP contribution is 2.26. The van der Waals surface area contributed by atoms with Crippen LogP contribution in [0.2, 0.25) is 0 Å². The van der Waals surface area contributed by atoms with Gasteiger partial charge in [-0.3, -0.25) is 4.90 Å². The number of hydrogen-bond acceptors (Lipinski definition) is 5. The van der Waals surface area contributed by atoms with Gasteiger partial charge in [0.1, 0.15) is 11.3 Å². The minimum absolute atomic E-state index is 0.0188. The van der Waals surface area contributed by atoms with E-state index in [4.69, 9.17) is 4.42 Å². The Labute approximate surface area is 142 Å². The summed E-state index contributed by atoms with van der Waals surface area (Å²) in [7, 11) is 1.31. The second-order valence-corrected chi connectivity index (χ2v) is 6.77. The molecule has 2 aromatic rings. The smallest absolute Gasteiger partial charge is 0.334 e. The maximum Gasteiger partial charge on any atom is 0.334 e. The number of aliphatic hydroxyl groups excluding tert-OH is 1. The minimum atomic E-state index is -1.01. The van der Waals surface area contributed by atoms with Gasteiger partial charge in [-0.1, -0.05) is 0 Å². The van der Waals surface area contributed by atoms with E-state index in [0.717, 1.165) is 49.2 Å². The molecule has 2 heterocycles. The number of benzene rings is 1. The zero-order chi connectivity index (χ0) is 17.3. The lowest BCUT2D eigenvalue weighted by atomic mass is 9.91. The van der Waals surface area contributed by atoms with Crippen molar-refractivity contribution in [2.24, 2.45) is 5.92 Å². The number of aliphatic hydroxyl groups is 1. The number of nitrogens with zero attached hydrogens (tertiary/aromatic N) is 1. The van der Waals surface area contributed by atoms with E-state index in [1.165, 1.54) is 18.2 Å². The number of likely N-dealkylation sites (tertiary alicyclic amines) is 1. The summed E-state index contributed by atoms with van der Waals surface area (Å²) < 4.78 is 10.6. The van der Waals surface area contributed by atoms with E-state index in [-0.39, 0.29) is 5.92 Å². The van der Waals surface area contributed by atoms with Crippen molar-refractivity contribution in [3.63, 3.8) is 0 Å². The Hall–Kier alpha value is -1.85. The van der Waals surface area contributed by atoms with Crippen LogP contribution in [0.1, 0.15) is 29.7 Å². The number of esters is 1. The molecule has 1 fully saturated rings. The third-order valence-electron chi connectivity index (χ3n) is 5.08. The zero-order valence-electron chi connectivity index (χ0n) is 14.5. The largest absolute Gasteiger partial charge is 0.467 e. The highest BCUT2D eigenvalue weighted by atomic mass is 16.5. The molecular weight excluding hydrogens is 306 g/mol. The van der Waals surface area contributed by atoms with Gasteiger partial charge in [-0.05, 0) is 75.0 Å². The highest BCUT2D eigenvalue weighted by molar-refractivity contribution is 5.79. The van der Waals surface area contributed by atoms with E-state index in [1.54, 1.807) is 0 Å². The van der Waals surface area contributed by atoms with Crippen molar-refractivity contribution in [1.82, 2.24) is 4.90 Å². The summed E-state index contributed by atoms with van der Waals surface area (Å²) in [6, 6.07) is 6.36. The van der Waals surface area contributed by atoms with Gasteiger partial charge in [0, 0.05) is 5.39 Å². The maximum atomic E-state index is 11.4. The molecule has 3 rings (SSSR count). The molecule has 0 aliphatic carbocycles. The first kappa shape index (κ1) is 17.0. The van der Waals surface area contributed by atoms with Crippen LogP contribution in [0, 0.1) is 19.8 Å². The van der Waals surface area contributed by atoms with Crippen molar-refractivity contribution in [1.29, 1.82) is 0 Å². The van der Waals surface area contributed by atoms with Gasteiger partial charge >= 0.3 is 5.97 Å². The number of furan rings is 1. The molecule has 1 unspecified atom stereocenters. The number of piperidine rings is 1. The van der Waals surface area contributed by atoms with Gasteiger partial charge in [0.05, 0.1) is 13.7 Å². The third kappa shape index (κ3) is 3.47. The van der Waals surface area contributed by atoms with Gasteiger partial charge in [0.2, 0.25) is 0 Å². The molecule has 1 saturated heterocycles. The molecule has 1 aromatic carbocycles. The van der Waals surface area contributed by atoms with Crippen LogP contribution < -0.4 is 0 Å². The van der Waals surface area contributed by atoms with Crippen LogP contribution >= 0.6 is 0 Å². The predicted octanol–water partition coefficient (Wildman–Crippen LogP) is 2.80. The molecular formula is C19H25NO4. The molecule has 1 aliphatic heterocycles. The van der Waals surface area contributed by atoms with Gasteiger partial charge in [0.15, 0.2) is 6.10 Å². The Morgan fingerprint density at radius 2 is 1.96 bits per heavy atom. The molecule has 0 spiro atoms. The van der Waals surface area contributed by atoms with Gasteiger partial charge in [-0.15, -0.1) is 0 Å². The Morgan fingerprint density at radius 3 is 2.62 bits per heavy atom. The monoisotopic (exact) mass is 331 g/mol. The van der Waals surface area contributed by atoms with Crippen LogP contribution in [0.5, 0.6) is 0 Å². The van der Waals surface area contributed by atoms with Crippen LogP contribution in [0.15, 0.2) is 22.6 Å². The lowest BCUT2D eigenvalue weighted by molar-refractivity contribution is -0.154. The lowest BCUT2D eigenvalue weighted by Gasteiger charge is -2.32. The third-order valence-corrected chi connectivity index (χ3v) is 5.08. The van der Waals surface area contributed by atoms with Gasteiger partial charge < -0.3 is 14.3 Å². The normalized spacial score (nSPS) is 18.0. The van der Waals surface area contributed by atoms with Gasteiger partial charge in [0.25, 0.3) is 0 Å². The van der Waals surface area contributed by atoms with Crippen molar-refractivity contribution in [2.75, 3.05) is 20.2 Å². The van der Waals surface area contributed by atoms with Gasteiger partial charge in [-0.25, -0.2) is 4.79 Å². The number of hydrogen-bond donors (Lipinski definition) is 1. The first-order chi connectivity index (χ1) is 11.5. The number of methoxy groups -OCH3 is 1. The lowest BCUT2D eigenvalue weighted by Crippen LogP contribution is -2.40. The topological polar surface area (TPSA) is 62.9 Å². The number of ether oxygens (including phenoxy) is 1. The summed E-state index contributed by atoms with van der Waals surface area (Å²) in [6.07, 6.45) is 0.568. The molecule has 1 aliphatic rings. The fourth-order valence-corrected chi connectivity index (χ4v) is 3.40. The Kier molecular flexibility index (Phi) is 4.92. The molecule has 1 N–H and O–H groups in total. The molecule has 1 atom stereocenters. The van der Waals surface area contributed by atoms with Gasteiger partial charge in [-0.2, -0.15) is 0 Å². The standard InChI is InChI=1S/C19H25NO4/c1-12-8-15-10-16(24-17(15)9-13(12)2)11-20-6-4-14(5-7-20)18(21)19(22)23-3/h8-10,14,18,21H,4-7,11H2,1-3H3. The molecule has 1 aromatic heterocycles. The average Bonchev–Trinajstić information content (AvgIpc) is 2.95. The van der Waals surface area contributed by atoms with E-state index >= 15 is 0 Å². The number of rotatable bonds is 4. The maximum absolute atomic E-state index is 11.4. The van der Waals surface area contributed by atoms with E-state index < -0.39 is 12.1 Å². The van der Waals surface area contributed by atoms with Crippen LogP contribution in [-0.4, -0.2) is 42.3 Å². The summed E-state index contributed by atoms with van der Waals surface area (Å²) in [5, 5.41) is 11.1. The Bertz CT molecular complexity index is 689. The first-order valence-corrected chi connectivity index (χ1v) is 8.46. The molecule has 24 heavy (non-hydrogen) atoms. The Morgan fingerprint density at radius 1 is 1.29 bits per heavy atom. The van der Waals surface area contributed by atoms with E-state index in [2.05, 4.69) is 41.7 Å². The van der Waals surface area contributed by atoms with Crippen LogP contribution in [0.3, 0.4) is 0 Å². The highest BCUT2D eigenvalue weighted by Gasteiger charge is 2.30. The predicted molar refractivity (Wildman–Crippen MR) is 91.7 cm³/mol. The van der Waals surface area contributed by atoms with Crippen molar-refractivity contribution in [3.05, 3.63) is 35.1 Å². The average molecular weight is 331 g/mol. The van der Waals surface area contributed by atoms with Crippen LogP contribution in [-0.2, 0) is 16.1 Å². The van der Waals surface area contributed by atoms with Crippen molar-refractivity contribution >= 4 is 16.9 Å². The molecule has 0 saturated carbocycles. The zero-order valence-corrected chi connectivity index (χ0v) is 14.5. The van der Waals surface area contributed by atoms with E-state index in [0.29, 0.717) is 0 Å². The number of carbonyl (C=O) groups excluding carboxylic acids is 1. The number of fused-ring (bicyclic) bond motifs is 1. The second kappa shape index (κ2) is 6.95. The first-order valence-electron chi connectivity index (χ1n) is 8.46. The fourth-order valence-electron chi connectivity index (χ4n) is 3.40. The summed E-state index contributed by atoms with van der Waals surface area (Å²) in [4.78, 5) is 13.7. The number of carbonyl (C=O) groups is 1. The van der Waals surface area contributed by atoms with E-state index in [1.807, 2.05) is 0 Å². The molecule has 0 radical (unpaired) electrons. The summed E-state index contributed by atoms with van der Waals surface area (Å²) >= 11 is 0. The quantitative estimate of drug-likeness (QED) is 0.873. The summed E-state index contributed by atoms with van der Waals surface area (Å²) in [5.74, 6) is 0.410. The molecule has 5 heteroatoms.